The van der Waals surface area contributed by atoms with Gasteiger partial charge in [-0.1, -0.05) is 47.7 Å². The van der Waals surface area contributed by atoms with Crippen LogP contribution in [-0.4, -0.2) is 130 Å². The number of carbonyl (C=O) groups excluding carboxylic acids is 3. The van der Waals surface area contributed by atoms with Crippen molar-refractivity contribution < 1.29 is 33.8 Å². The quantitative estimate of drug-likeness (QED) is 0.102. The van der Waals surface area contributed by atoms with Crippen LogP contribution in [-0.2, 0) is 27.3 Å². The summed E-state index contributed by atoms with van der Waals surface area (Å²) in [5, 5.41) is 23.3. The van der Waals surface area contributed by atoms with Gasteiger partial charge in [0, 0.05) is 93.7 Å². The number of ether oxygens (including phenoxy) is 2. The van der Waals surface area contributed by atoms with Crippen molar-refractivity contribution in [2.45, 2.75) is 83.1 Å². The van der Waals surface area contributed by atoms with Crippen molar-refractivity contribution in [3.05, 3.63) is 124 Å². The van der Waals surface area contributed by atoms with E-state index in [-0.39, 0.29) is 47.6 Å². The van der Waals surface area contributed by atoms with Crippen LogP contribution >= 0.6 is 11.3 Å². The van der Waals surface area contributed by atoms with E-state index in [0.29, 0.717) is 72.3 Å². The highest BCUT2D eigenvalue weighted by Crippen LogP contribution is 2.37. The lowest BCUT2D eigenvalue weighted by Gasteiger charge is -2.39. The fourth-order valence-corrected chi connectivity index (χ4v) is 12.0. The highest BCUT2D eigenvalue weighted by atomic mass is 32.1. The van der Waals surface area contributed by atoms with Crippen molar-refractivity contribution in [1.82, 2.24) is 30.1 Å². The number of allylic oxidation sites excluding steroid dienone is 2. The molecular weight excluding hydrogens is 931 g/mol. The fraction of sp³-hybridized carbons (Fsp3) is 0.400. The molecule has 370 valence electrons. The molecule has 3 N–H and O–H groups in total. The summed E-state index contributed by atoms with van der Waals surface area (Å²) in [6.07, 6.45) is 10.3. The number of aromatic carboxylic acids is 1. The van der Waals surface area contributed by atoms with Crippen LogP contribution in [0.1, 0.15) is 82.5 Å². The number of nitrogens with zero attached hydrogens (tertiary/aromatic N) is 7. The summed E-state index contributed by atoms with van der Waals surface area (Å²) in [5.41, 5.74) is 8.38. The van der Waals surface area contributed by atoms with E-state index < -0.39 is 5.97 Å². The summed E-state index contributed by atoms with van der Waals surface area (Å²) in [6, 6.07) is 25.3. The number of thiazole rings is 1. The lowest BCUT2D eigenvalue weighted by atomic mass is 9.84. The van der Waals surface area contributed by atoms with Crippen molar-refractivity contribution in [2.24, 2.45) is 11.0 Å². The van der Waals surface area contributed by atoms with Gasteiger partial charge in [-0.15, -0.1) is 0 Å². The Balaban J connectivity index is 0.656. The van der Waals surface area contributed by atoms with Crippen LogP contribution in [0, 0.1) is 25.0 Å². The minimum atomic E-state index is -1.14. The van der Waals surface area contributed by atoms with Gasteiger partial charge in [-0.3, -0.25) is 34.9 Å². The average Bonchev–Trinajstić information content (AvgIpc) is 3.96. The second-order valence-electron chi connectivity index (χ2n) is 19.5. The third-order valence-electron chi connectivity index (χ3n) is 15.1. The number of rotatable bonds is 13. The predicted octanol–water partition coefficient (Wildman–Crippen LogP) is 7.04. The minimum absolute atomic E-state index is 0.0225. The molecule has 0 radical (unpaired) electrons. The Kier molecular flexibility index (Phi) is 13.2. The van der Waals surface area contributed by atoms with Crippen molar-refractivity contribution in [1.29, 1.82) is 0 Å². The summed E-state index contributed by atoms with van der Waals surface area (Å²) in [4.78, 5) is 67.1. The number of fused-ring (bicyclic) bond motifs is 3. The Morgan fingerprint density at radius 2 is 1.72 bits per heavy atom. The number of imide groups is 1. The molecule has 3 fully saturated rings. The molecule has 2 aromatic heterocycles. The Morgan fingerprint density at radius 1 is 0.903 bits per heavy atom. The molecule has 17 heteroatoms. The van der Waals surface area contributed by atoms with Gasteiger partial charge < -0.3 is 24.4 Å². The maximum atomic E-state index is 13.7. The second-order valence-corrected chi connectivity index (χ2v) is 20.5. The number of carboxylic acids is 1. The van der Waals surface area contributed by atoms with Gasteiger partial charge >= 0.3 is 5.97 Å². The third kappa shape index (κ3) is 9.66. The SMILES string of the molecule is Cc1c(OC2CCC(OCCN3CCN(C4=CC=C5C(C6CCC(=O)NC6=O)=NN(C)C5C4)CC3)CC2)c#ccc1-c1ccc(N2CCc3cccc(C(=O)Nc4nc5ccccc5s4)c3C2)nc1C(=O)O. The Hall–Kier alpha value is -7.13. The largest absolute Gasteiger partial charge is 0.482 e. The van der Waals surface area contributed by atoms with E-state index in [4.69, 9.17) is 19.6 Å². The maximum Gasteiger partial charge on any atom is 0.355 e. The number of carbonyl (C=O) groups is 4. The molecule has 6 aliphatic rings. The first kappa shape index (κ1) is 47.2. The van der Waals surface area contributed by atoms with Gasteiger partial charge in [0.1, 0.15) is 5.82 Å². The minimum Gasteiger partial charge on any atom is -0.482 e. The Bertz CT molecular complexity index is 3010. The molecule has 5 aromatic rings. The number of nitrogens with one attached hydrogen (secondary N) is 2. The molecule has 1 saturated carbocycles. The number of hydrogen-bond acceptors (Lipinski definition) is 14. The van der Waals surface area contributed by atoms with E-state index >= 15 is 0 Å². The topological polar surface area (TPSA) is 182 Å². The van der Waals surface area contributed by atoms with Gasteiger partial charge in [-0.2, -0.15) is 5.10 Å². The predicted molar refractivity (Wildman–Crippen MR) is 274 cm³/mol. The van der Waals surface area contributed by atoms with Crippen LogP contribution < -0.4 is 20.3 Å². The standard InChI is InChI=1S/C55H57N9O7S/c1-33-38(39-19-21-48(57-51(39)54(68)69)64-24-23-34-7-5-9-40(43(34)32-64)52(66)59-55-56-44-10-3-4-12-47(44)72-55)8-6-11-46(33)71-37-16-14-36(15-17-37)70-30-29-62-25-27-63(28-26-62)35-13-18-41-45(31-35)61(2)60-50(41)42-20-22-49(65)58-53(42)67/h3-5,7-10,12-13,18-19,21,36-37,42,45H,14-17,20,22-32H2,1-2H3,(H,68,69)(H,56,59,66)(H,58,65,67). The molecule has 2 saturated heterocycles. The molecule has 0 spiro atoms. The summed E-state index contributed by atoms with van der Waals surface area (Å²) >= 11 is 1.43. The maximum absolute atomic E-state index is 13.7. The summed E-state index contributed by atoms with van der Waals surface area (Å²) in [6.45, 7) is 8.29. The molecule has 3 aromatic carbocycles. The average molecular weight is 988 g/mol. The lowest BCUT2D eigenvalue weighted by molar-refractivity contribution is -0.134. The van der Waals surface area contributed by atoms with E-state index in [2.05, 4.69) is 49.7 Å². The highest BCUT2D eigenvalue weighted by Gasteiger charge is 2.41. The molecule has 16 nitrogen and oxygen atoms in total. The smallest absolute Gasteiger partial charge is 0.355 e. The second kappa shape index (κ2) is 20.2. The van der Waals surface area contributed by atoms with Gasteiger partial charge in [0.15, 0.2) is 16.6 Å². The number of amides is 3. The molecule has 4 aliphatic heterocycles. The first-order chi connectivity index (χ1) is 35.0. The molecule has 3 amide bonds. The third-order valence-corrected chi connectivity index (χ3v) is 16.1. The van der Waals surface area contributed by atoms with Crippen LogP contribution in [0.3, 0.4) is 0 Å². The van der Waals surface area contributed by atoms with Crippen LogP contribution in [0.2, 0.25) is 0 Å². The highest BCUT2D eigenvalue weighted by molar-refractivity contribution is 7.22. The summed E-state index contributed by atoms with van der Waals surface area (Å²) in [5.74, 6) is -1.14. The summed E-state index contributed by atoms with van der Waals surface area (Å²) < 4.78 is 14.0. The van der Waals surface area contributed by atoms with Crippen molar-refractivity contribution in [3.8, 4) is 16.9 Å². The van der Waals surface area contributed by atoms with Gasteiger partial charge in [0.25, 0.3) is 5.91 Å². The number of likely N-dealkylation sites (N-methyl/N-ethyl adjacent to an activating group) is 1. The zero-order valence-corrected chi connectivity index (χ0v) is 41.3. The van der Waals surface area contributed by atoms with Crippen molar-refractivity contribution in [2.75, 3.05) is 63.1 Å². The number of pyridine rings is 1. The van der Waals surface area contributed by atoms with Crippen molar-refractivity contribution >= 4 is 61.9 Å². The number of hydrogen-bond donors (Lipinski definition) is 3. The molecule has 2 aliphatic carbocycles. The Morgan fingerprint density at radius 3 is 2.53 bits per heavy atom. The molecule has 11 rings (SSSR count). The molecular formula is C55H57N9O7S. The number of aromatic nitrogens is 2. The molecule has 2 atom stereocenters. The fourth-order valence-electron chi connectivity index (χ4n) is 11.1. The lowest BCUT2D eigenvalue weighted by Crippen LogP contribution is -2.48. The van der Waals surface area contributed by atoms with Gasteiger partial charge in [-0.25, -0.2) is 14.8 Å². The van der Waals surface area contributed by atoms with E-state index in [0.717, 1.165) is 103 Å². The van der Waals surface area contributed by atoms with E-state index in [9.17, 15) is 24.3 Å². The monoisotopic (exact) mass is 987 g/mol. The molecule has 0 bridgehead atoms. The first-order valence-corrected chi connectivity index (χ1v) is 25.9. The van der Waals surface area contributed by atoms with Crippen molar-refractivity contribution in [3.63, 3.8) is 0 Å². The number of para-hydroxylation sites is 1. The van der Waals surface area contributed by atoms with Gasteiger partial charge in [0.05, 0.1) is 46.7 Å². The van der Waals surface area contributed by atoms with E-state index in [1.165, 1.54) is 17.0 Å². The molecule has 2 unspecified atom stereocenters. The number of carboxylic acid groups (broad SMARTS) is 1. The molecule has 72 heavy (non-hydrogen) atoms. The van der Waals surface area contributed by atoms with Gasteiger partial charge in [-0.05, 0) is 111 Å². The number of hydrazone groups is 1. The van der Waals surface area contributed by atoms with Gasteiger partial charge in [0.2, 0.25) is 11.8 Å². The number of anilines is 2. The van der Waals surface area contributed by atoms with Crippen LogP contribution in [0.5, 0.6) is 5.75 Å². The number of piperazine rings is 1. The zero-order valence-electron chi connectivity index (χ0n) is 40.5. The first-order valence-electron chi connectivity index (χ1n) is 25.0. The molecule has 6 heterocycles. The van der Waals surface area contributed by atoms with Crippen LogP contribution in [0.4, 0.5) is 10.9 Å². The normalized spacial score (nSPS) is 22.3. The van der Waals surface area contributed by atoms with Crippen LogP contribution in [0.25, 0.3) is 21.3 Å². The number of piperidine rings is 1. The van der Waals surface area contributed by atoms with E-state index in [1.54, 1.807) is 6.07 Å². The number of benzene rings is 2. The zero-order chi connectivity index (χ0) is 49.5. The van der Waals surface area contributed by atoms with E-state index in [1.807, 2.05) is 78.5 Å². The Labute approximate surface area is 422 Å². The van der Waals surface area contributed by atoms with Crippen LogP contribution in [0.15, 0.2) is 89.2 Å². The summed E-state index contributed by atoms with van der Waals surface area (Å²) in [7, 11) is 1.97.